The second kappa shape index (κ2) is 5.45. The maximum absolute atomic E-state index is 4.40. The van der Waals surface area contributed by atoms with Crippen molar-refractivity contribution in [1.29, 1.82) is 0 Å². The van der Waals surface area contributed by atoms with Crippen LogP contribution in [0.15, 0.2) is 47.6 Å². The smallest absolute Gasteiger partial charge is 0.208 e. The zero-order valence-electron chi connectivity index (χ0n) is 10.8. The maximum atomic E-state index is 4.40. The number of nitrogens with zero attached hydrogens (tertiary/aromatic N) is 2. The molecule has 1 heterocycles. The van der Waals surface area contributed by atoms with E-state index in [9.17, 15) is 0 Å². The third-order valence-corrected chi connectivity index (χ3v) is 3.95. The van der Waals surface area contributed by atoms with E-state index in [0.29, 0.717) is 0 Å². The van der Waals surface area contributed by atoms with Crippen LogP contribution in [-0.2, 0) is 12.2 Å². The predicted molar refractivity (Wildman–Crippen MR) is 79.3 cm³/mol. The minimum Gasteiger partial charge on any atom is -0.262 e. The quantitative estimate of drug-likeness (QED) is 0.732. The molecule has 3 aromatic rings. The molecule has 19 heavy (non-hydrogen) atoms. The van der Waals surface area contributed by atoms with Crippen LogP contribution in [0.25, 0.3) is 10.8 Å². The lowest BCUT2D eigenvalue weighted by atomic mass is 10.1. The molecule has 3 rings (SSSR count). The molecule has 0 saturated carbocycles. The molecule has 0 aliphatic heterocycles. The number of benzene rings is 2. The highest BCUT2D eigenvalue weighted by Gasteiger charge is 2.03. The van der Waals surface area contributed by atoms with Gasteiger partial charge >= 0.3 is 0 Å². The van der Waals surface area contributed by atoms with Gasteiger partial charge in [-0.2, -0.15) is 0 Å². The first kappa shape index (κ1) is 12.2. The van der Waals surface area contributed by atoms with Crippen LogP contribution in [0.5, 0.6) is 0 Å². The number of H-pyrrole nitrogens is 1. The van der Waals surface area contributed by atoms with Crippen molar-refractivity contribution in [3.8, 4) is 0 Å². The van der Waals surface area contributed by atoms with Crippen molar-refractivity contribution in [1.82, 2.24) is 15.2 Å². The summed E-state index contributed by atoms with van der Waals surface area (Å²) in [6.45, 7) is 2.07. The Labute approximate surface area is 116 Å². The van der Waals surface area contributed by atoms with Crippen LogP contribution in [0.4, 0.5) is 0 Å². The van der Waals surface area contributed by atoms with Gasteiger partial charge in [0, 0.05) is 12.2 Å². The lowest BCUT2D eigenvalue weighted by molar-refractivity contribution is 0.941. The Kier molecular flexibility index (Phi) is 3.51. The lowest BCUT2D eigenvalue weighted by Crippen LogP contribution is -1.83. The maximum Gasteiger partial charge on any atom is 0.208 e. The van der Waals surface area contributed by atoms with E-state index in [1.807, 2.05) is 0 Å². The Balaban J connectivity index is 1.74. The van der Waals surface area contributed by atoms with E-state index in [0.717, 1.165) is 23.2 Å². The zero-order chi connectivity index (χ0) is 13.1. The summed E-state index contributed by atoms with van der Waals surface area (Å²) in [7, 11) is 0. The second-order valence-electron chi connectivity index (χ2n) is 4.39. The predicted octanol–water partition coefficient (Wildman–Crippen LogP) is 3.81. The molecule has 4 heteroatoms. The highest BCUT2D eigenvalue weighted by molar-refractivity contribution is 7.98. The summed E-state index contributed by atoms with van der Waals surface area (Å²) in [5, 5.41) is 10.5. The van der Waals surface area contributed by atoms with Crippen molar-refractivity contribution in [3.05, 3.63) is 53.9 Å². The summed E-state index contributed by atoms with van der Waals surface area (Å²) in [4.78, 5) is 4.40. The van der Waals surface area contributed by atoms with Gasteiger partial charge in [-0.25, -0.2) is 4.98 Å². The fourth-order valence-corrected chi connectivity index (χ4v) is 2.74. The van der Waals surface area contributed by atoms with E-state index in [2.05, 4.69) is 64.6 Å². The molecule has 0 aliphatic carbocycles. The van der Waals surface area contributed by atoms with Crippen LogP contribution in [0.1, 0.15) is 18.3 Å². The molecule has 0 spiro atoms. The topological polar surface area (TPSA) is 41.6 Å². The fourth-order valence-electron chi connectivity index (χ4n) is 1.98. The molecular weight excluding hydrogens is 254 g/mol. The molecular formula is C15H15N3S. The molecule has 0 bridgehead atoms. The Morgan fingerprint density at radius 2 is 1.95 bits per heavy atom. The fraction of sp³-hybridized carbons (Fsp3) is 0.200. The summed E-state index contributed by atoms with van der Waals surface area (Å²) in [6.07, 6.45) is 0.892. The molecule has 96 valence electrons. The van der Waals surface area contributed by atoms with Gasteiger partial charge in [0.1, 0.15) is 5.82 Å². The number of thioether (sulfide) groups is 1. The summed E-state index contributed by atoms with van der Waals surface area (Å²) >= 11 is 1.66. The number of hydrogen-bond acceptors (Lipinski definition) is 3. The third kappa shape index (κ3) is 2.79. The van der Waals surface area contributed by atoms with Crippen LogP contribution < -0.4 is 0 Å². The minimum absolute atomic E-state index is 0.824. The monoisotopic (exact) mass is 269 g/mol. The van der Waals surface area contributed by atoms with Crippen LogP contribution in [-0.4, -0.2) is 15.2 Å². The van der Waals surface area contributed by atoms with Gasteiger partial charge in [0.05, 0.1) is 0 Å². The molecule has 0 unspecified atom stereocenters. The van der Waals surface area contributed by atoms with Crippen molar-refractivity contribution in [2.75, 3.05) is 0 Å². The van der Waals surface area contributed by atoms with Crippen LogP contribution >= 0.6 is 11.8 Å². The Hall–Kier alpha value is -1.81. The van der Waals surface area contributed by atoms with Crippen molar-refractivity contribution in [2.24, 2.45) is 0 Å². The number of fused-ring (bicyclic) bond motifs is 1. The van der Waals surface area contributed by atoms with E-state index >= 15 is 0 Å². The van der Waals surface area contributed by atoms with Gasteiger partial charge in [-0.05, 0) is 16.3 Å². The first-order valence-corrected chi connectivity index (χ1v) is 7.35. The Morgan fingerprint density at radius 1 is 1.11 bits per heavy atom. The second-order valence-corrected chi connectivity index (χ2v) is 5.33. The molecule has 0 atom stereocenters. The lowest BCUT2D eigenvalue weighted by Gasteiger charge is -2.02. The van der Waals surface area contributed by atoms with E-state index < -0.39 is 0 Å². The first-order chi connectivity index (χ1) is 9.35. The highest BCUT2D eigenvalue weighted by Crippen LogP contribution is 2.22. The zero-order valence-corrected chi connectivity index (χ0v) is 11.6. The summed E-state index contributed by atoms with van der Waals surface area (Å²) in [6, 6.07) is 15.0. The van der Waals surface area contributed by atoms with E-state index in [1.54, 1.807) is 11.8 Å². The van der Waals surface area contributed by atoms with Gasteiger partial charge in [0.2, 0.25) is 5.16 Å². The summed E-state index contributed by atoms with van der Waals surface area (Å²) in [5.74, 6) is 1.84. The Bertz CT molecular complexity index is 690. The molecule has 2 aromatic carbocycles. The van der Waals surface area contributed by atoms with Crippen LogP contribution in [0, 0.1) is 0 Å². The van der Waals surface area contributed by atoms with Gasteiger partial charge in [-0.1, -0.05) is 61.2 Å². The number of aryl methyl sites for hydroxylation is 1. The summed E-state index contributed by atoms with van der Waals surface area (Å²) in [5.41, 5.74) is 1.30. The largest absolute Gasteiger partial charge is 0.262 e. The van der Waals surface area contributed by atoms with Crippen molar-refractivity contribution in [2.45, 2.75) is 24.3 Å². The van der Waals surface area contributed by atoms with Gasteiger partial charge in [0.15, 0.2) is 0 Å². The van der Waals surface area contributed by atoms with E-state index in [-0.39, 0.29) is 0 Å². The molecule has 0 amide bonds. The number of hydrogen-bond donors (Lipinski definition) is 1. The average Bonchev–Trinajstić information content (AvgIpc) is 2.93. The normalized spacial score (nSPS) is 11.0. The van der Waals surface area contributed by atoms with Gasteiger partial charge in [0.25, 0.3) is 0 Å². The molecule has 0 radical (unpaired) electrons. The average molecular weight is 269 g/mol. The SMILES string of the molecule is CCc1nc(SCc2ccc3ccccc3c2)n[nH]1. The number of nitrogens with one attached hydrogen (secondary N) is 1. The molecule has 0 aliphatic rings. The number of aromatic amines is 1. The molecule has 0 fully saturated rings. The van der Waals surface area contributed by atoms with Gasteiger partial charge in [-0.15, -0.1) is 5.10 Å². The molecule has 1 aromatic heterocycles. The summed E-state index contributed by atoms with van der Waals surface area (Å²) < 4.78 is 0. The van der Waals surface area contributed by atoms with E-state index in [1.165, 1.54) is 16.3 Å². The first-order valence-electron chi connectivity index (χ1n) is 6.37. The van der Waals surface area contributed by atoms with Crippen LogP contribution in [0.3, 0.4) is 0 Å². The standard InChI is InChI=1S/C15H15N3S/c1-2-14-16-15(18-17-14)19-10-11-7-8-12-5-3-4-6-13(12)9-11/h3-9H,2,10H2,1H3,(H,16,17,18). The third-order valence-electron chi connectivity index (χ3n) is 3.03. The minimum atomic E-state index is 0.824. The van der Waals surface area contributed by atoms with Crippen molar-refractivity contribution in [3.63, 3.8) is 0 Å². The number of aromatic nitrogens is 3. The molecule has 1 N–H and O–H groups in total. The number of rotatable bonds is 4. The van der Waals surface area contributed by atoms with Gasteiger partial charge in [-0.3, -0.25) is 5.10 Å². The van der Waals surface area contributed by atoms with Gasteiger partial charge < -0.3 is 0 Å². The molecule has 3 nitrogen and oxygen atoms in total. The van der Waals surface area contributed by atoms with Crippen molar-refractivity contribution >= 4 is 22.5 Å². The van der Waals surface area contributed by atoms with Crippen molar-refractivity contribution < 1.29 is 0 Å². The van der Waals surface area contributed by atoms with Crippen LogP contribution in [0.2, 0.25) is 0 Å². The highest BCUT2D eigenvalue weighted by atomic mass is 32.2. The van der Waals surface area contributed by atoms with E-state index in [4.69, 9.17) is 0 Å². The molecule has 0 saturated heterocycles. The Morgan fingerprint density at radius 3 is 2.74 bits per heavy atom.